The van der Waals surface area contributed by atoms with Crippen LogP contribution in [0, 0.1) is 0 Å². The maximum absolute atomic E-state index is 13.0. The number of fused-ring (bicyclic) bond motifs is 1. The Kier molecular flexibility index (Phi) is 7.75. The number of hydrogen-bond acceptors (Lipinski definition) is 7. The van der Waals surface area contributed by atoms with Crippen molar-refractivity contribution in [2.75, 3.05) is 26.5 Å². The zero-order valence-electron chi connectivity index (χ0n) is 17.3. The Morgan fingerprint density at radius 1 is 1.23 bits per heavy atom. The third-order valence-corrected chi connectivity index (χ3v) is 6.38. The van der Waals surface area contributed by atoms with Gasteiger partial charge in [0.15, 0.2) is 16.7 Å². The SMILES string of the molecule is CCCNC(=O)CSc1nc2ccsc2c(=O)n1CCc1ccc(OC)c(OC)c1. The standard InChI is InChI=1S/C21H25N3O4S2/c1-4-9-22-18(25)13-30-21-23-15-8-11-29-19(15)20(26)24(21)10-7-14-5-6-16(27-2)17(12-14)28-3/h5-6,8,11-12H,4,7,9-10,13H2,1-3H3,(H,22,25). The van der Waals surface area contributed by atoms with Crippen molar-refractivity contribution in [1.82, 2.24) is 14.9 Å². The molecule has 7 nitrogen and oxygen atoms in total. The van der Waals surface area contributed by atoms with Gasteiger partial charge in [0, 0.05) is 13.1 Å². The van der Waals surface area contributed by atoms with Crippen LogP contribution >= 0.6 is 23.1 Å². The van der Waals surface area contributed by atoms with Crippen molar-refractivity contribution in [3.63, 3.8) is 0 Å². The van der Waals surface area contributed by atoms with E-state index in [9.17, 15) is 9.59 Å². The predicted octanol–water partition coefficient (Wildman–Crippen LogP) is 3.34. The first-order valence-electron chi connectivity index (χ1n) is 9.65. The summed E-state index contributed by atoms with van der Waals surface area (Å²) in [7, 11) is 3.19. The van der Waals surface area contributed by atoms with Crippen LogP contribution in [0.5, 0.6) is 11.5 Å². The zero-order valence-corrected chi connectivity index (χ0v) is 18.9. The normalized spacial score (nSPS) is 10.9. The van der Waals surface area contributed by atoms with Crippen molar-refractivity contribution in [2.45, 2.75) is 31.5 Å². The highest BCUT2D eigenvalue weighted by Crippen LogP contribution is 2.28. The molecule has 2 aromatic heterocycles. The highest BCUT2D eigenvalue weighted by Gasteiger charge is 2.15. The van der Waals surface area contributed by atoms with Crippen molar-refractivity contribution >= 4 is 39.2 Å². The number of amides is 1. The number of rotatable bonds is 10. The van der Waals surface area contributed by atoms with Gasteiger partial charge in [0.2, 0.25) is 5.91 Å². The van der Waals surface area contributed by atoms with Crippen LogP contribution in [0.3, 0.4) is 0 Å². The highest BCUT2D eigenvalue weighted by molar-refractivity contribution is 7.99. The molecule has 0 fully saturated rings. The molecule has 160 valence electrons. The number of methoxy groups -OCH3 is 2. The van der Waals surface area contributed by atoms with Gasteiger partial charge in [-0.25, -0.2) is 4.98 Å². The third-order valence-electron chi connectivity index (χ3n) is 4.51. The predicted molar refractivity (Wildman–Crippen MR) is 121 cm³/mol. The molecule has 2 heterocycles. The average Bonchev–Trinajstić information content (AvgIpc) is 3.24. The molecule has 3 rings (SSSR count). The first-order chi connectivity index (χ1) is 14.6. The lowest BCUT2D eigenvalue weighted by molar-refractivity contribution is -0.118. The minimum Gasteiger partial charge on any atom is -0.493 e. The molecule has 0 unspecified atom stereocenters. The number of aromatic nitrogens is 2. The number of nitrogens with zero attached hydrogens (tertiary/aromatic N) is 2. The summed E-state index contributed by atoms with van der Waals surface area (Å²) in [6.07, 6.45) is 1.50. The number of aryl methyl sites for hydroxylation is 1. The lowest BCUT2D eigenvalue weighted by Gasteiger charge is -2.13. The fourth-order valence-corrected chi connectivity index (χ4v) is 4.59. The fourth-order valence-electron chi connectivity index (χ4n) is 2.95. The summed E-state index contributed by atoms with van der Waals surface area (Å²) in [6.45, 7) is 3.10. The van der Waals surface area contributed by atoms with E-state index < -0.39 is 0 Å². The third kappa shape index (κ3) is 5.14. The second-order valence-corrected chi connectivity index (χ2v) is 8.42. The number of hydrogen-bond donors (Lipinski definition) is 1. The van der Waals surface area contributed by atoms with Gasteiger partial charge in [0.25, 0.3) is 5.56 Å². The molecule has 3 aromatic rings. The first-order valence-corrected chi connectivity index (χ1v) is 11.5. The summed E-state index contributed by atoms with van der Waals surface area (Å²) in [6, 6.07) is 7.55. The molecule has 0 saturated heterocycles. The minimum absolute atomic E-state index is 0.0621. The van der Waals surface area contributed by atoms with Crippen LogP contribution in [0.4, 0.5) is 0 Å². The molecule has 0 bridgehead atoms. The van der Waals surface area contributed by atoms with E-state index in [4.69, 9.17) is 9.47 Å². The van der Waals surface area contributed by atoms with Gasteiger partial charge in [-0.05, 0) is 42.0 Å². The van der Waals surface area contributed by atoms with Gasteiger partial charge >= 0.3 is 0 Å². The number of carbonyl (C=O) groups excluding carboxylic acids is 1. The number of thioether (sulfide) groups is 1. The monoisotopic (exact) mass is 447 g/mol. The van der Waals surface area contributed by atoms with Gasteiger partial charge in [-0.1, -0.05) is 24.8 Å². The smallest absolute Gasteiger partial charge is 0.272 e. The van der Waals surface area contributed by atoms with E-state index in [1.807, 2.05) is 36.6 Å². The minimum atomic E-state index is -0.0769. The van der Waals surface area contributed by atoms with Crippen LogP contribution in [0.15, 0.2) is 39.6 Å². The summed E-state index contributed by atoms with van der Waals surface area (Å²) >= 11 is 2.67. The van der Waals surface area contributed by atoms with E-state index in [1.54, 1.807) is 18.8 Å². The molecule has 1 aromatic carbocycles. The average molecular weight is 448 g/mol. The van der Waals surface area contributed by atoms with Crippen molar-refractivity contribution in [3.8, 4) is 11.5 Å². The van der Waals surface area contributed by atoms with E-state index in [0.717, 1.165) is 12.0 Å². The van der Waals surface area contributed by atoms with E-state index in [0.29, 0.717) is 46.4 Å². The molecule has 0 aliphatic rings. The maximum atomic E-state index is 13.0. The number of benzene rings is 1. The van der Waals surface area contributed by atoms with E-state index in [1.165, 1.54) is 23.1 Å². The molecule has 0 spiro atoms. The lowest BCUT2D eigenvalue weighted by atomic mass is 10.1. The molecule has 0 saturated carbocycles. The van der Waals surface area contributed by atoms with Crippen LogP contribution in [-0.2, 0) is 17.8 Å². The molecule has 0 radical (unpaired) electrons. The summed E-state index contributed by atoms with van der Waals surface area (Å²) in [4.78, 5) is 29.7. The van der Waals surface area contributed by atoms with Gasteiger partial charge in [-0.15, -0.1) is 11.3 Å². The molecule has 0 aliphatic carbocycles. The molecule has 1 N–H and O–H groups in total. The Bertz CT molecular complexity index is 1080. The number of nitrogens with one attached hydrogen (secondary N) is 1. The van der Waals surface area contributed by atoms with Gasteiger partial charge in [-0.3, -0.25) is 14.2 Å². The van der Waals surface area contributed by atoms with Crippen molar-refractivity contribution < 1.29 is 14.3 Å². The topological polar surface area (TPSA) is 82.5 Å². The van der Waals surface area contributed by atoms with Crippen molar-refractivity contribution in [2.24, 2.45) is 0 Å². The summed E-state index contributed by atoms with van der Waals surface area (Å²) in [5.74, 6) is 1.47. The van der Waals surface area contributed by atoms with Gasteiger partial charge < -0.3 is 14.8 Å². The number of ether oxygens (including phenoxy) is 2. The second kappa shape index (κ2) is 10.5. The Hall–Kier alpha value is -2.52. The van der Waals surface area contributed by atoms with E-state index in [2.05, 4.69) is 10.3 Å². The number of thiophene rings is 1. The van der Waals surface area contributed by atoms with Gasteiger partial charge in [0.1, 0.15) is 4.70 Å². The molecule has 0 atom stereocenters. The number of carbonyl (C=O) groups is 1. The van der Waals surface area contributed by atoms with E-state index in [-0.39, 0.29) is 17.2 Å². The van der Waals surface area contributed by atoms with Crippen LogP contribution in [0.2, 0.25) is 0 Å². The molecular formula is C21H25N3O4S2. The largest absolute Gasteiger partial charge is 0.493 e. The molecular weight excluding hydrogens is 422 g/mol. The van der Waals surface area contributed by atoms with Crippen LogP contribution in [0.1, 0.15) is 18.9 Å². The van der Waals surface area contributed by atoms with Gasteiger partial charge in [-0.2, -0.15) is 0 Å². The van der Waals surface area contributed by atoms with Crippen LogP contribution < -0.4 is 20.3 Å². The summed E-state index contributed by atoms with van der Waals surface area (Å²) in [5, 5.41) is 5.27. The van der Waals surface area contributed by atoms with Gasteiger partial charge in [0.05, 0.1) is 25.5 Å². The molecule has 0 aliphatic heterocycles. The highest BCUT2D eigenvalue weighted by atomic mass is 32.2. The molecule has 1 amide bonds. The van der Waals surface area contributed by atoms with Crippen molar-refractivity contribution in [3.05, 3.63) is 45.6 Å². The first kappa shape index (κ1) is 22.2. The van der Waals surface area contributed by atoms with Crippen LogP contribution in [0.25, 0.3) is 10.2 Å². The molecule has 30 heavy (non-hydrogen) atoms. The lowest BCUT2D eigenvalue weighted by Crippen LogP contribution is -2.27. The Morgan fingerprint density at radius 3 is 2.77 bits per heavy atom. The summed E-state index contributed by atoms with van der Waals surface area (Å²) in [5.41, 5.74) is 1.61. The molecule has 9 heteroatoms. The van der Waals surface area contributed by atoms with E-state index >= 15 is 0 Å². The Morgan fingerprint density at radius 2 is 2.03 bits per heavy atom. The van der Waals surface area contributed by atoms with Crippen molar-refractivity contribution in [1.29, 1.82) is 0 Å². The maximum Gasteiger partial charge on any atom is 0.272 e. The second-order valence-electron chi connectivity index (χ2n) is 6.56. The Balaban J connectivity index is 1.83. The fraction of sp³-hybridized carbons (Fsp3) is 0.381. The summed E-state index contributed by atoms with van der Waals surface area (Å²) < 4.78 is 12.9. The van der Waals surface area contributed by atoms with Crippen LogP contribution in [-0.4, -0.2) is 42.0 Å². The zero-order chi connectivity index (χ0) is 21.5. The Labute approximate surface area is 183 Å². The quantitative estimate of drug-likeness (QED) is 0.379.